The van der Waals surface area contributed by atoms with Crippen LogP contribution in [-0.4, -0.2) is 13.2 Å². The molecule has 0 radical (unpaired) electrons. The summed E-state index contributed by atoms with van der Waals surface area (Å²) in [7, 11) is 0. The van der Waals surface area contributed by atoms with Gasteiger partial charge >= 0.3 is 0 Å². The molecule has 1 saturated carbocycles. The summed E-state index contributed by atoms with van der Waals surface area (Å²) in [6, 6.07) is 6.96. The van der Waals surface area contributed by atoms with Gasteiger partial charge in [0.2, 0.25) is 0 Å². The van der Waals surface area contributed by atoms with Crippen molar-refractivity contribution in [2.45, 2.75) is 46.6 Å². The Morgan fingerprint density at radius 2 is 2.10 bits per heavy atom. The molecule has 2 unspecified atom stereocenters. The Labute approximate surface area is 131 Å². The van der Waals surface area contributed by atoms with Gasteiger partial charge in [-0.1, -0.05) is 26.8 Å². The van der Waals surface area contributed by atoms with Gasteiger partial charge in [0.1, 0.15) is 5.75 Å². The maximum absolute atomic E-state index is 5.60. The van der Waals surface area contributed by atoms with Crippen LogP contribution < -0.4 is 10.1 Å². The van der Waals surface area contributed by atoms with Gasteiger partial charge in [0, 0.05) is 6.04 Å². The molecule has 0 aliphatic heterocycles. The molecule has 20 heavy (non-hydrogen) atoms. The molecule has 2 rings (SSSR count). The molecule has 1 aromatic carbocycles. The average Bonchev–Trinajstić information content (AvgIpc) is 3.02. The molecule has 0 amide bonds. The highest BCUT2D eigenvalue weighted by Gasteiger charge is 2.50. The first-order chi connectivity index (χ1) is 9.49. The third-order valence-electron chi connectivity index (χ3n) is 4.22. The minimum Gasteiger partial charge on any atom is -0.493 e. The van der Waals surface area contributed by atoms with E-state index in [0.29, 0.717) is 18.1 Å². The van der Waals surface area contributed by atoms with Gasteiger partial charge < -0.3 is 10.1 Å². The van der Waals surface area contributed by atoms with E-state index < -0.39 is 0 Å². The second kappa shape index (κ2) is 6.48. The lowest BCUT2D eigenvalue weighted by Gasteiger charge is -2.21. The summed E-state index contributed by atoms with van der Waals surface area (Å²) in [6.45, 7) is 10.7. The zero-order valence-corrected chi connectivity index (χ0v) is 14.6. The Morgan fingerprint density at radius 1 is 1.40 bits per heavy atom. The third kappa shape index (κ3) is 3.56. The number of nitrogens with one attached hydrogen (secondary N) is 1. The Morgan fingerprint density at radius 3 is 2.60 bits per heavy atom. The molecule has 0 heterocycles. The molecule has 2 atom stereocenters. The van der Waals surface area contributed by atoms with Crippen LogP contribution in [0.15, 0.2) is 22.7 Å². The minimum absolute atomic E-state index is 0.455. The van der Waals surface area contributed by atoms with Crippen molar-refractivity contribution in [2.75, 3.05) is 13.2 Å². The first-order valence-electron chi connectivity index (χ1n) is 7.65. The zero-order valence-electron chi connectivity index (χ0n) is 13.0. The first-order valence-corrected chi connectivity index (χ1v) is 8.44. The van der Waals surface area contributed by atoms with E-state index in [1.807, 2.05) is 6.92 Å². The Bertz CT molecular complexity index is 458. The lowest BCUT2D eigenvalue weighted by Crippen LogP contribution is -2.25. The van der Waals surface area contributed by atoms with Gasteiger partial charge in [0.05, 0.1) is 11.1 Å². The normalized spacial score (nSPS) is 21.6. The summed E-state index contributed by atoms with van der Waals surface area (Å²) >= 11 is 3.63. The third-order valence-corrected chi connectivity index (χ3v) is 4.84. The topological polar surface area (TPSA) is 21.3 Å². The molecule has 1 N–H and O–H groups in total. The highest BCUT2D eigenvalue weighted by atomic mass is 79.9. The largest absolute Gasteiger partial charge is 0.493 e. The molecule has 0 saturated heterocycles. The standard InChI is InChI=1S/C17H26BrNO/c1-5-9-19-16(13-11-17(13,3)4)12-7-8-15(20-6-2)14(18)10-12/h7-8,10,13,16,19H,5-6,9,11H2,1-4H3. The number of rotatable bonds is 7. The summed E-state index contributed by atoms with van der Waals surface area (Å²) in [5.74, 6) is 1.67. The van der Waals surface area contributed by atoms with Crippen molar-refractivity contribution in [3.63, 3.8) is 0 Å². The van der Waals surface area contributed by atoms with Crippen LogP contribution in [0.2, 0.25) is 0 Å². The average molecular weight is 340 g/mol. The van der Waals surface area contributed by atoms with Gasteiger partial charge in [-0.05, 0) is 71.3 Å². The quantitative estimate of drug-likeness (QED) is 0.759. The molecular formula is C17H26BrNO. The maximum Gasteiger partial charge on any atom is 0.133 e. The molecule has 0 spiro atoms. The number of halogens is 1. The summed E-state index contributed by atoms with van der Waals surface area (Å²) in [5, 5.41) is 3.72. The summed E-state index contributed by atoms with van der Waals surface area (Å²) < 4.78 is 6.66. The maximum atomic E-state index is 5.60. The smallest absolute Gasteiger partial charge is 0.133 e. The fourth-order valence-electron chi connectivity index (χ4n) is 2.85. The van der Waals surface area contributed by atoms with Crippen LogP contribution in [-0.2, 0) is 0 Å². The second-order valence-electron chi connectivity index (χ2n) is 6.35. The molecule has 1 aromatic rings. The lowest BCUT2D eigenvalue weighted by atomic mass is 9.97. The molecule has 3 heteroatoms. The van der Waals surface area contributed by atoms with Crippen molar-refractivity contribution in [3.05, 3.63) is 28.2 Å². The SMILES string of the molecule is CCCNC(c1ccc(OCC)c(Br)c1)C1CC1(C)C. The van der Waals surface area contributed by atoms with E-state index in [-0.39, 0.29) is 0 Å². The fourth-order valence-corrected chi connectivity index (χ4v) is 3.36. The molecule has 0 bridgehead atoms. The minimum atomic E-state index is 0.455. The second-order valence-corrected chi connectivity index (χ2v) is 7.21. The van der Waals surface area contributed by atoms with Crippen LogP contribution in [0.4, 0.5) is 0 Å². The van der Waals surface area contributed by atoms with Gasteiger partial charge in [-0.2, -0.15) is 0 Å². The molecule has 1 aliphatic carbocycles. The molecule has 2 nitrogen and oxygen atoms in total. The van der Waals surface area contributed by atoms with E-state index in [9.17, 15) is 0 Å². The first kappa shape index (κ1) is 15.8. The highest BCUT2D eigenvalue weighted by Crippen LogP contribution is 2.58. The Kier molecular flexibility index (Phi) is 5.14. The molecule has 112 valence electrons. The molecular weight excluding hydrogens is 314 g/mol. The Balaban J connectivity index is 2.18. The van der Waals surface area contributed by atoms with Crippen molar-refractivity contribution in [3.8, 4) is 5.75 Å². The molecule has 1 fully saturated rings. The number of hydrogen-bond donors (Lipinski definition) is 1. The van der Waals surface area contributed by atoms with Gasteiger partial charge in [-0.3, -0.25) is 0 Å². The van der Waals surface area contributed by atoms with E-state index >= 15 is 0 Å². The number of benzene rings is 1. The molecule has 1 aliphatic rings. The van der Waals surface area contributed by atoms with Gasteiger partial charge in [-0.25, -0.2) is 0 Å². The number of hydrogen-bond acceptors (Lipinski definition) is 2. The van der Waals surface area contributed by atoms with E-state index in [0.717, 1.165) is 22.7 Å². The zero-order chi connectivity index (χ0) is 14.8. The van der Waals surface area contributed by atoms with Gasteiger partial charge in [0.15, 0.2) is 0 Å². The van der Waals surface area contributed by atoms with Gasteiger partial charge in [-0.15, -0.1) is 0 Å². The van der Waals surface area contributed by atoms with Crippen LogP contribution in [0, 0.1) is 11.3 Å². The van der Waals surface area contributed by atoms with Crippen LogP contribution in [0.25, 0.3) is 0 Å². The van der Waals surface area contributed by atoms with Crippen LogP contribution in [0.5, 0.6) is 5.75 Å². The summed E-state index contributed by atoms with van der Waals surface area (Å²) in [4.78, 5) is 0. The number of ether oxygens (including phenoxy) is 1. The van der Waals surface area contributed by atoms with Crippen molar-refractivity contribution in [1.29, 1.82) is 0 Å². The van der Waals surface area contributed by atoms with Crippen molar-refractivity contribution in [1.82, 2.24) is 5.32 Å². The van der Waals surface area contributed by atoms with Crippen molar-refractivity contribution < 1.29 is 4.74 Å². The van der Waals surface area contributed by atoms with Gasteiger partial charge in [0.25, 0.3) is 0 Å². The predicted molar refractivity (Wildman–Crippen MR) is 88.2 cm³/mol. The lowest BCUT2D eigenvalue weighted by molar-refractivity contribution is 0.337. The summed E-state index contributed by atoms with van der Waals surface area (Å²) in [5.41, 5.74) is 1.83. The van der Waals surface area contributed by atoms with E-state index in [1.54, 1.807) is 0 Å². The van der Waals surface area contributed by atoms with E-state index in [2.05, 4.69) is 60.2 Å². The molecule has 0 aromatic heterocycles. The fraction of sp³-hybridized carbons (Fsp3) is 0.647. The highest BCUT2D eigenvalue weighted by molar-refractivity contribution is 9.10. The van der Waals surface area contributed by atoms with Crippen LogP contribution in [0.1, 0.15) is 52.1 Å². The van der Waals surface area contributed by atoms with Crippen LogP contribution in [0.3, 0.4) is 0 Å². The van der Waals surface area contributed by atoms with E-state index in [1.165, 1.54) is 18.4 Å². The van der Waals surface area contributed by atoms with Crippen LogP contribution >= 0.6 is 15.9 Å². The van der Waals surface area contributed by atoms with Crippen molar-refractivity contribution in [2.24, 2.45) is 11.3 Å². The van der Waals surface area contributed by atoms with Crippen molar-refractivity contribution >= 4 is 15.9 Å². The summed E-state index contributed by atoms with van der Waals surface area (Å²) in [6.07, 6.45) is 2.47. The van der Waals surface area contributed by atoms with E-state index in [4.69, 9.17) is 4.74 Å². The monoisotopic (exact) mass is 339 g/mol. The predicted octanol–water partition coefficient (Wildman–Crippen LogP) is 4.93. The Hall–Kier alpha value is -0.540.